The maximum Gasteiger partial charge on any atom is 0.310 e. The molecule has 2 aliphatic heterocycles. The van der Waals surface area contributed by atoms with E-state index in [4.69, 9.17) is 4.74 Å². The normalized spacial score (nSPS) is 18.0. The Morgan fingerprint density at radius 3 is 2.60 bits per heavy atom. The predicted octanol–water partition coefficient (Wildman–Crippen LogP) is 6.40. The lowest BCUT2D eigenvalue weighted by Gasteiger charge is -2.31. The average Bonchev–Trinajstić information content (AvgIpc) is 2.97. The lowest BCUT2D eigenvalue weighted by atomic mass is 9.97. The second-order valence-corrected chi connectivity index (χ2v) is 11.4. The Kier molecular flexibility index (Phi) is 8.40. The van der Waals surface area contributed by atoms with E-state index >= 15 is 0 Å². The van der Waals surface area contributed by atoms with Gasteiger partial charge in [-0.1, -0.05) is 59.8 Å². The summed E-state index contributed by atoms with van der Waals surface area (Å²) in [4.78, 5) is 44.4. The number of nitrogens with zero attached hydrogens (tertiary/aromatic N) is 2. The number of carbonyl (C=O) groups excluding carboxylic acids is 3. The molecule has 0 N–H and O–H groups in total. The quantitative estimate of drug-likeness (QED) is 0.261. The first-order chi connectivity index (χ1) is 19.3. The number of anilines is 1. The van der Waals surface area contributed by atoms with Crippen LogP contribution in [0.25, 0.3) is 6.08 Å². The number of esters is 1. The second-order valence-electron chi connectivity index (χ2n) is 10.4. The Morgan fingerprint density at radius 1 is 1.05 bits per heavy atom. The van der Waals surface area contributed by atoms with E-state index in [-0.39, 0.29) is 23.7 Å². The molecule has 40 heavy (non-hydrogen) atoms. The van der Waals surface area contributed by atoms with Crippen molar-refractivity contribution < 1.29 is 19.1 Å². The van der Waals surface area contributed by atoms with Crippen molar-refractivity contribution in [2.24, 2.45) is 5.92 Å². The van der Waals surface area contributed by atoms with Crippen LogP contribution in [0, 0.1) is 19.8 Å². The molecule has 0 aromatic heterocycles. The van der Waals surface area contributed by atoms with Crippen molar-refractivity contribution in [1.82, 2.24) is 4.90 Å². The van der Waals surface area contributed by atoms with Gasteiger partial charge in [0.25, 0.3) is 11.8 Å². The number of likely N-dealkylation sites (tertiary alicyclic amines) is 1. The molecule has 2 heterocycles. The molecule has 1 atom stereocenters. The lowest BCUT2D eigenvalue weighted by Crippen LogP contribution is -2.42. The highest BCUT2D eigenvalue weighted by molar-refractivity contribution is 8.04. The van der Waals surface area contributed by atoms with E-state index in [1.165, 1.54) is 17.3 Å². The molecule has 1 saturated heterocycles. The van der Waals surface area contributed by atoms with Gasteiger partial charge in [0.05, 0.1) is 29.7 Å². The number of carbonyl (C=O) groups is 3. The molecule has 2 amide bonds. The van der Waals surface area contributed by atoms with Crippen molar-refractivity contribution in [3.63, 3.8) is 0 Å². The first-order valence-corrected chi connectivity index (χ1v) is 14.6. The standard InChI is InChI=1S/C33H34N2O4S/c1-4-39-33(38)26-8-7-17-34(20-26)31(36)25-15-13-24(14-16-25)19-30-32(37)35(28-9-5-6-10-29(28)40-30)21-27-18-22(2)11-12-23(27)3/h5-6,9-16,18-19,26H,4,7-8,17,20-21H2,1-3H3/b30-19-/t26-/m0/s1. The zero-order valence-electron chi connectivity index (χ0n) is 23.2. The minimum absolute atomic E-state index is 0.0388. The Labute approximate surface area is 240 Å². The number of para-hydroxylation sites is 1. The van der Waals surface area contributed by atoms with E-state index in [0.29, 0.717) is 36.7 Å². The van der Waals surface area contributed by atoms with Crippen LogP contribution in [-0.2, 0) is 20.9 Å². The molecular weight excluding hydrogens is 520 g/mol. The summed E-state index contributed by atoms with van der Waals surface area (Å²) >= 11 is 1.47. The van der Waals surface area contributed by atoms with Gasteiger partial charge < -0.3 is 14.5 Å². The largest absolute Gasteiger partial charge is 0.466 e. The van der Waals surface area contributed by atoms with Crippen LogP contribution in [0.4, 0.5) is 5.69 Å². The van der Waals surface area contributed by atoms with Crippen molar-refractivity contribution in [3.8, 4) is 0 Å². The van der Waals surface area contributed by atoms with Gasteiger partial charge in [0.2, 0.25) is 0 Å². The molecule has 1 fully saturated rings. The third kappa shape index (κ3) is 5.99. The van der Waals surface area contributed by atoms with E-state index in [1.807, 2.05) is 47.4 Å². The van der Waals surface area contributed by atoms with Crippen LogP contribution in [-0.4, -0.2) is 42.4 Å². The van der Waals surface area contributed by atoms with Crippen LogP contribution in [0.5, 0.6) is 0 Å². The maximum atomic E-state index is 13.7. The van der Waals surface area contributed by atoms with Gasteiger partial charge in [-0.15, -0.1) is 0 Å². The fourth-order valence-corrected chi connectivity index (χ4v) is 6.29. The van der Waals surface area contributed by atoms with Crippen LogP contribution in [0.3, 0.4) is 0 Å². The monoisotopic (exact) mass is 554 g/mol. The van der Waals surface area contributed by atoms with Crippen LogP contribution < -0.4 is 4.90 Å². The molecule has 0 radical (unpaired) electrons. The van der Waals surface area contributed by atoms with Gasteiger partial charge in [0.1, 0.15) is 0 Å². The van der Waals surface area contributed by atoms with Crippen molar-refractivity contribution in [1.29, 1.82) is 0 Å². The first kappa shape index (κ1) is 27.7. The maximum absolute atomic E-state index is 13.7. The van der Waals surface area contributed by atoms with Crippen LogP contribution in [0.15, 0.2) is 76.5 Å². The number of thioether (sulfide) groups is 1. The number of ether oxygens (including phenoxy) is 1. The van der Waals surface area contributed by atoms with Gasteiger partial charge in [0, 0.05) is 23.5 Å². The highest BCUT2D eigenvalue weighted by atomic mass is 32.2. The Balaban J connectivity index is 1.35. The van der Waals surface area contributed by atoms with Crippen molar-refractivity contribution in [2.75, 3.05) is 24.6 Å². The van der Waals surface area contributed by atoms with Crippen molar-refractivity contribution in [2.45, 2.75) is 45.1 Å². The highest BCUT2D eigenvalue weighted by Gasteiger charge is 2.31. The molecule has 6 nitrogen and oxygen atoms in total. The van der Waals surface area contributed by atoms with Gasteiger partial charge in [-0.05, 0) is 80.6 Å². The number of hydrogen-bond donors (Lipinski definition) is 0. The highest BCUT2D eigenvalue weighted by Crippen LogP contribution is 2.42. The number of aryl methyl sites for hydroxylation is 2. The van der Waals surface area contributed by atoms with Gasteiger partial charge in [0.15, 0.2) is 0 Å². The second kappa shape index (κ2) is 12.1. The van der Waals surface area contributed by atoms with E-state index in [2.05, 4.69) is 32.0 Å². The van der Waals surface area contributed by atoms with E-state index in [9.17, 15) is 14.4 Å². The third-order valence-corrected chi connectivity index (χ3v) is 8.53. The van der Waals surface area contributed by atoms with Crippen molar-refractivity contribution in [3.05, 3.63) is 99.5 Å². The Hall–Kier alpha value is -3.84. The number of piperidine rings is 1. The smallest absolute Gasteiger partial charge is 0.310 e. The number of fused-ring (bicyclic) bond motifs is 1. The summed E-state index contributed by atoms with van der Waals surface area (Å²) in [6, 6.07) is 21.6. The lowest BCUT2D eigenvalue weighted by molar-refractivity contribution is -0.149. The Bertz CT molecular complexity index is 1460. The molecule has 5 rings (SSSR count). The fraction of sp³-hybridized carbons (Fsp3) is 0.303. The van der Waals surface area contributed by atoms with E-state index < -0.39 is 0 Å². The number of amides is 2. The summed E-state index contributed by atoms with van der Waals surface area (Å²) in [5, 5.41) is 0. The average molecular weight is 555 g/mol. The molecule has 2 aliphatic rings. The van der Waals surface area contributed by atoms with E-state index in [0.717, 1.165) is 40.1 Å². The third-order valence-electron chi connectivity index (χ3n) is 7.45. The summed E-state index contributed by atoms with van der Waals surface area (Å²) in [6.07, 6.45) is 3.41. The van der Waals surface area contributed by atoms with E-state index in [1.54, 1.807) is 24.0 Å². The van der Waals surface area contributed by atoms with Crippen LogP contribution >= 0.6 is 11.8 Å². The van der Waals surface area contributed by atoms with Gasteiger partial charge in [-0.25, -0.2) is 0 Å². The van der Waals surface area contributed by atoms with Crippen molar-refractivity contribution >= 4 is 41.3 Å². The summed E-state index contributed by atoms with van der Waals surface area (Å²) in [5.74, 6) is -0.636. The van der Waals surface area contributed by atoms with Gasteiger partial charge in [-0.3, -0.25) is 14.4 Å². The zero-order chi connectivity index (χ0) is 28.2. The molecule has 0 spiro atoms. The molecule has 0 aliphatic carbocycles. The molecule has 0 unspecified atom stereocenters. The summed E-state index contributed by atoms with van der Waals surface area (Å²) in [5.41, 5.74) is 5.78. The van der Waals surface area contributed by atoms with Crippen LogP contribution in [0.2, 0.25) is 0 Å². The minimum atomic E-state index is -0.273. The molecule has 3 aromatic carbocycles. The molecule has 206 valence electrons. The zero-order valence-corrected chi connectivity index (χ0v) is 24.0. The molecule has 3 aromatic rings. The molecule has 0 saturated carbocycles. The summed E-state index contributed by atoms with van der Waals surface area (Å²) in [6.45, 7) is 7.78. The van der Waals surface area contributed by atoms with Crippen LogP contribution in [0.1, 0.15) is 52.4 Å². The fourth-order valence-electron chi connectivity index (χ4n) is 5.23. The first-order valence-electron chi connectivity index (χ1n) is 13.8. The molecule has 0 bridgehead atoms. The SMILES string of the molecule is CCOC(=O)[C@H]1CCCN(C(=O)c2ccc(/C=C3\Sc4ccccc4N(Cc4cc(C)ccc4C)C3=O)cc2)C1. The summed E-state index contributed by atoms with van der Waals surface area (Å²) < 4.78 is 5.17. The summed E-state index contributed by atoms with van der Waals surface area (Å²) in [7, 11) is 0. The predicted molar refractivity (Wildman–Crippen MR) is 159 cm³/mol. The van der Waals surface area contributed by atoms with Gasteiger partial charge >= 0.3 is 5.97 Å². The molecular formula is C33H34N2O4S. The molecule has 7 heteroatoms. The topological polar surface area (TPSA) is 66.9 Å². The van der Waals surface area contributed by atoms with Gasteiger partial charge in [-0.2, -0.15) is 0 Å². The Morgan fingerprint density at radius 2 is 1.82 bits per heavy atom. The number of hydrogen-bond acceptors (Lipinski definition) is 5. The number of benzene rings is 3. The number of rotatable bonds is 6. The minimum Gasteiger partial charge on any atom is -0.466 e.